The van der Waals surface area contributed by atoms with Crippen molar-refractivity contribution in [3.63, 3.8) is 0 Å². The summed E-state index contributed by atoms with van der Waals surface area (Å²) in [5.74, 6) is -1.37. The monoisotopic (exact) mass is 349 g/mol. The second-order valence-electron chi connectivity index (χ2n) is 6.97. The molecule has 0 fully saturated rings. The summed E-state index contributed by atoms with van der Waals surface area (Å²) in [6.07, 6.45) is 1.49. The van der Waals surface area contributed by atoms with Crippen molar-refractivity contribution in [1.29, 1.82) is 0 Å². The number of benzene rings is 2. The van der Waals surface area contributed by atoms with Crippen LogP contribution in [0.5, 0.6) is 0 Å². The number of esters is 1. The molecule has 132 valence electrons. The van der Waals surface area contributed by atoms with E-state index in [0.717, 1.165) is 11.1 Å². The van der Waals surface area contributed by atoms with Gasteiger partial charge in [0.15, 0.2) is 0 Å². The fourth-order valence-corrected chi connectivity index (χ4v) is 2.65. The number of hydrogen-bond donors (Lipinski definition) is 1. The Balaban J connectivity index is 1.96. The molecule has 1 heterocycles. The van der Waals surface area contributed by atoms with Crippen LogP contribution >= 0.6 is 0 Å². The summed E-state index contributed by atoms with van der Waals surface area (Å²) in [7, 11) is 0. The van der Waals surface area contributed by atoms with Gasteiger partial charge in [-0.1, -0.05) is 18.2 Å². The standard InChI is InChI=1S/C21H19NO4/c1-21(2,3)26-20(25)14-6-4-13(5-7-14)15-8-9-18-17(12-15)16(19(23)24)10-11-22-18/h4-12H,1-3H3,(H,23,24). The Morgan fingerprint density at radius 2 is 1.62 bits per heavy atom. The van der Waals surface area contributed by atoms with Gasteiger partial charge in [0.05, 0.1) is 16.6 Å². The molecular weight excluding hydrogens is 330 g/mol. The van der Waals surface area contributed by atoms with Gasteiger partial charge in [-0.05, 0) is 62.2 Å². The summed E-state index contributed by atoms with van der Waals surface area (Å²) in [6.45, 7) is 5.47. The van der Waals surface area contributed by atoms with Crippen molar-refractivity contribution in [3.8, 4) is 11.1 Å². The van der Waals surface area contributed by atoms with Crippen LogP contribution in [0.1, 0.15) is 41.5 Å². The van der Waals surface area contributed by atoms with Crippen molar-refractivity contribution in [2.24, 2.45) is 0 Å². The summed E-state index contributed by atoms with van der Waals surface area (Å²) >= 11 is 0. The summed E-state index contributed by atoms with van der Waals surface area (Å²) in [4.78, 5) is 27.7. The molecule has 0 bridgehead atoms. The van der Waals surface area contributed by atoms with E-state index in [9.17, 15) is 14.7 Å². The predicted octanol–water partition coefficient (Wildman–Crippen LogP) is 4.56. The number of nitrogens with zero attached hydrogens (tertiary/aromatic N) is 1. The molecule has 0 unspecified atom stereocenters. The number of pyridine rings is 1. The van der Waals surface area contributed by atoms with E-state index >= 15 is 0 Å². The molecule has 0 aliphatic heterocycles. The van der Waals surface area contributed by atoms with Crippen LogP contribution in [0.15, 0.2) is 54.7 Å². The van der Waals surface area contributed by atoms with Gasteiger partial charge in [0, 0.05) is 11.6 Å². The zero-order valence-corrected chi connectivity index (χ0v) is 14.8. The van der Waals surface area contributed by atoms with Gasteiger partial charge in [-0.15, -0.1) is 0 Å². The van der Waals surface area contributed by atoms with Gasteiger partial charge in [0.1, 0.15) is 5.60 Å². The van der Waals surface area contributed by atoms with Crippen LogP contribution in [0.25, 0.3) is 22.0 Å². The van der Waals surface area contributed by atoms with Crippen LogP contribution < -0.4 is 0 Å². The summed E-state index contributed by atoms with van der Waals surface area (Å²) < 4.78 is 5.36. The highest BCUT2D eigenvalue weighted by Gasteiger charge is 2.18. The van der Waals surface area contributed by atoms with Crippen molar-refractivity contribution < 1.29 is 19.4 Å². The molecule has 3 rings (SSSR count). The minimum atomic E-state index is -0.991. The summed E-state index contributed by atoms with van der Waals surface area (Å²) in [5.41, 5.74) is 2.48. The minimum Gasteiger partial charge on any atom is -0.478 e. The first kappa shape index (κ1) is 17.6. The molecule has 0 saturated heterocycles. The van der Waals surface area contributed by atoms with Gasteiger partial charge in [-0.2, -0.15) is 0 Å². The number of ether oxygens (including phenoxy) is 1. The van der Waals surface area contributed by atoms with E-state index in [0.29, 0.717) is 16.5 Å². The zero-order chi connectivity index (χ0) is 18.9. The Kier molecular flexibility index (Phi) is 4.47. The van der Waals surface area contributed by atoms with Crippen LogP contribution in [-0.2, 0) is 4.74 Å². The highest BCUT2D eigenvalue weighted by molar-refractivity contribution is 6.03. The van der Waals surface area contributed by atoms with Crippen LogP contribution in [0.3, 0.4) is 0 Å². The minimum absolute atomic E-state index is 0.210. The number of carbonyl (C=O) groups is 2. The van der Waals surface area contributed by atoms with Gasteiger partial charge in [-0.3, -0.25) is 4.98 Å². The van der Waals surface area contributed by atoms with Crippen molar-refractivity contribution >= 4 is 22.8 Å². The third-order valence-corrected chi connectivity index (χ3v) is 3.82. The van der Waals surface area contributed by atoms with Crippen LogP contribution in [0.2, 0.25) is 0 Å². The average Bonchev–Trinajstić information content (AvgIpc) is 2.59. The smallest absolute Gasteiger partial charge is 0.338 e. The van der Waals surface area contributed by atoms with Crippen LogP contribution in [-0.4, -0.2) is 27.6 Å². The first-order valence-electron chi connectivity index (χ1n) is 8.20. The highest BCUT2D eigenvalue weighted by Crippen LogP contribution is 2.26. The number of carbonyl (C=O) groups excluding carboxylic acids is 1. The normalized spacial score (nSPS) is 11.3. The Morgan fingerprint density at radius 1 is 0.962 bits per heavy atom. The largest absolute Gasteiger partial charge is 0.478 e. The molecule has 0 saturated carbocycles. The maximum atomic E-state index is 12.1. The fourth-order valence-electron chi connectivity index (χ4n) is 2.65. The van der Waals surface area contributed by atoms with E-state index in [1.54, 1.807) is 24.3 Å². The molecule has 5 heteroatoms. The molecule has 0 radical (unpaired) electrons. The predicted molar refractivity (Wildman–Crippen MR) is 99.3 cm³/mol. The summed E-state index contributed by atoms with van der Waals surface area (Å²) in [6, 6.07) is 14.0. The molecule has 2 aromatic carbocycles. The average molecular weight is 349 g/mol. The Morgan fingerprint density at radius 3 is 2.23 bits per heavy atom. The lowest BCUT2D eigenvalue weighted by Gasteiger charge is -2.19. The topological polar surface area (TPSA) is 76.5 Å². The van der Waals surface area contributed by atoms with Crippen LogP contribution in [0.4, 0.5) is 0 Å². The van der Waals surface area contributed by atoms with Gasteiger partial charge in [0.2, 0.25) is 0 Å². The molecule has 0 aliphatic rings. The second kappa shape index (κ2) is 6.59. The van der Waals surface area contributed by atoms with Crippen molar-refractivity contribution in [2.75, 3.05) is 0 Å². The Bertz CT molecular complexity index is 985. The van der Waals surface area contributed by atoms with E-state index in [-0.39, 0.29) is 11.5 Å². The highest BCUT2D eigenvalue weighted by atomic mass is 16.6. The third-order valence-electron chi connectivity index (χ3n) is 3.82. The maximum absolute atomic E-state index is 12.1. The fraction of sp³-hybridized carbons (Fsp3) is 0.190. The van der Waals surface area contributed by atoms with Crippen molar-refractivity contribution in [2.45, 2.75) is 26.4 Å². The second-order valence-corrected chi connectivity index (χ2v) is 6.97. The number of fused-ring (bicyclic) bond motifs is 1. The van der Waals surface area contributed by atoms with Gasteiger partial charge in [-0.25, -0.2) is 9.59 Å². The van der Waals surface area contributed by atoms with E-state index < -0.39 is 11.6 Å². The molecular formula is C21H19NO4. The number of aromatic nitrogens is 1. The van der Waals surface area contributed by atoms with Crippen molar-refractivity contribution in [1.82, 2.24) is 4.98 Å². The molecule has 5 nitrogen and oxygen atoms in total. The first-order valence-corrected chi connectivity index (χ1v) is 8.20. The molecule has 26 heavy (non-hydrogen) atoms. The lowest BCUT2D eigenvalue weighted by molar-refractivity contribution is 0.00693. The number of aromatic carboxylic acids is 1. The Labute approximate surface area is 151 Å². The molecule has 1 aromatic heterocycles. The molecule has 1 N–H and O–H groups in total. The van der Waals surface area contributed by atoms with Gasteiger partial charge in [0.25, 0.3) is 0 Å². The third kappa shape index (κ3) is 3.72. The molecule has 0 aliphatic carbocycles. The van der Waals surface area contributed by atoms with Gasteiger partial charge < -0.3 is 9.84 Å². The maximum Gasteiger partial charge on any atom is 0.338 e. The number of carboxylic acid groups (broad SMARTS) is 1. The Hall–Kier alpha value is -3.21. The van der Waals surface area contributed by atoms with Crippen molar-refractivity contribution in [3.05, 3.63) is 65.9 Å². The lowest BCUT2D eigenvalue weighted by atomic mass is 10.00. The van der Waals surface area contributed by atoms with E-state index in [1.807, 2.05) is 39.0 Å². The zero-order valence-electron chi connectivity index (χ0n) is 14.8. The molecule has 0 spiro atoms. The molecule has 0 amide bonds. The summed E-state index contributed by atoms with van der Waals surface area (Å²) in [5, 5.41) is 9.93. The van der Waals surface area contributed by atoms with E-state index in [4.69, 9.17) is 4.74 Å². The SMILES string of the molecule is CC(C)(C)OC(=O)c1ccc(-c2ccc3nccc(C(=O)O)c3c2)cc1. The quantitative estimate of drug-likeness (QED) is 0.702. The number of hydrogen-bond acceptors (Lipinski definition) is 4. The lowest BCUT2D eigenvalue weighted by Crippen LogP contribution is -2.23. The molecule has 0 atom stereocenters. The van der Waals surface area contributed by atoms with Crippen LogP contribution in [0, 0.1) is 0 Å². The van der Waals surface area contributed by atoms with E-state index in [2.05, 4.69) is 4.98 Å². The molecule has 3 aromatic rings. The van der Waals surface area contributed by atoms with E-state index in [1.165, 1.54) is 12.3 Å². The first-order chi connectivity index (χ1) is 12.2. The van der Waals surface area contributed by atoms with Gasteiger partial charge >= 0.3 is 11.9 Å². The number of carboxylic acids is 1. The number of rotatable bonds is 3.